The van der Waals surface area contributed by atoms with Gasteiger partial charge in [-0.05, 0) is 38.5 Å². The lowest BCUT2D eigenvalue weighted by molar-refractivity contribution is 0.414. The first-order valence-electron chi connectivity index (χ1n) is 6.91. The average Bonchev–Trinajstić information content (AvgIpc) is 2.78. The zero-order chi connectivity index (χ0) is 14.7. The molecule has 20 heavy (non-hydrogen) atoms. The van der Waals surface area contributed by atoms with Crippen molar-refractivity contribution < 1.29 is 4.74 Å². The molecule has 4 nitrogen and oxygen atoms in total. The molecule has 0 amide bonds. The van der Waals surface area contributed by atoms with E-state index in [1.807, 2.05) is 30.8 Å². The molecule has 2 aromatic rings. The third-order valence-corrected chi connectivity index (χ3v) is 3.63. The summed E-state index contributed by atoms with van der Waals surface area (Å²) >= 11 is 0. The quantitative estimate of drug-likeness (QED) is 0.909. The van der Waals surface area contributed by atoms with Crippen molar-refractivity contribution in [2.24, 2.45) is 7.05 Å². The lowest BCUT2D eigenvalue weighted by Gasteiger charge is -2.20. The topological polar surface area (TPSA) is 39.1 Å². The molecule has 1 heterocycles. The molecule has 4 heteroatoms. The van der Waals surface area contributed by atoms with Gasteiger partial charge in [-0.15, -0.1) is 0 Å². The lowest BCUT2D eigenvalue weighted by Crippen LogP contribution is -2.22. The number of rotatable bonds is 5. The van der Waals surface area contributed by atoms with Gasteiger partial charge in [0.05, 0.1) is 12.8 Å². The monoisotopic (exact) mass is 273 g/mol. The van der Waals surface area contributed by atoms with Crippen molar-refractivity contribution >= 4 is 0 Å². The van der Waals surface area contributed by atoms with Gasteiger partial charge in [-0.3, -0.25) is 4.68 Å². The summed E-state index contributed by atoms with van der Waals surface area (Å²) in [5.41, 5.74) is 3.57. The molecule has 0 aliphatic carbocycles. The first-order chi connectivity index (χ1) is 9.51. The average molecular weight is 273 g/mol. The molecular formula is C16H23N3O. The summed E-state index contributed by atoms with van der Waals surface area (Å²) in [6.07, 6.45) is 2.08. The van der Waals surface area contributed by atoms with Crippen LogP contribution in [-0.2, 0) is 7.05 Å². The fraction of sp³-hybridized carbons (Fsp3) is 0.438. The van der Waals surface area contributed by atoms with Gasteiger partial charge >= 0.3 is 0 Å². The van der Waals surface area contributed by atoms with Crippen LogP contribution in [0.3, 0.4) is 0 Å². The maximum Gasteiger partial charge on any atom is 0.118 e. The van der Waals surface area contributed by atoms with Crippen molar-refractivity contribution in [2.75, 3.05) is 7.11 Å². The lowest BCUT2D eigenvalue weighted by atomic mass is 10.0. The molecule has 1 aromatic carbocycles. The summed E-state index contributed by atoms with van der Waals surface area (Å²) in [6.45, 7) is 6.39. The SMILES string of the molecule is COc1ccc([C@H](C)NC(C)c2cn(C)nc2C)cc1. The van der Waals surface area contributed by atoms with E-state index in [-0.39, 0.29) is 12.1 Å². The second kappa shape index (κ2) is 6.09. The van der Waals surface area contributed by atoms with Crippen LogP contribution < -0.4 is 10.1 Å². The highest BCUT2D eigenvalue weighted by molar-refractivity contribution is 5.29. The summed E-state index contributed by atoms with van der Waals surface area (Å²) in [4.78, 5) is 0. The first-order valence-corrected chi connectivity index (χ1v) is 6.91. The summed E-state index contributed by atoms with van der Waals surface area (Å²) in [5.74, 6) is 0.886. The maximum absolute atomic E-state index is 5.19. The van der Waals surface area contributed by atoms with E-state index < -0.39 is 0 Å². The van der Waals surface area contributed by atoms with Gasteiger partial charge in [0.15, 0.2) is 0 Å². The van der Waals surface area contributed by atoms with Crippen molar-refractivity contribution in [3.8, 4) is 5.75 Å². The molecule has 108 valence electrons. The van der Waals surface area contributed by atoms with Gasteiger partial charge in [0, 0.05) is 30.9 Å². The van der Waals surface area contributed by atoms with Crippen molar-refractivity contribution in [1.82, 2.24) is 15.1 Å². The van der Waals surface area contributed by atoms with E-state index >= 15 is 0 Å². The number of aryl methyl sites for hydroxylation is 2. The van der Waals surface area contributed by atoms with Gasteiger partial charge in [-0.25, -0.2) is 0 Å². The number of nitrogens with one attached hydrogen (secondary N) is 1. The number of hydrogen-bond donors (Lipinski definition) is 1. The molecule has 0 saturated heterocycles. The Morgan fingerprint density at radius 1 is 1.15 bits per heavy atom. The largest absolute Gasteiger partial charge is 0.497 e. The van der Waals surface area contributed by atoms with Crippen LogP contribution in [0.5, 0.6) is 5.75 Å². The highest BCUT2D eigenvalue weighted by Crippen LogP contribution is 2.22. The van der Waals surface area contributed by atoms with Gasteiger partial charge in [-0.1, -0.05) is 12.1 Å². The molecule has 2 rings (SSSR count). The van der Waals surface area contributed by atoms with E-state index in [9.17, 15) is 0 Å². The van der Waals surface area contributed by atoms with E-state index in [0.717, 1.165) is 11.4 Å². The van der Waals surface area contributed by atoms with Crippen LogP contribution in [0.2, 0.25) is 0 Å². The number of nitrogens with zero attached hydrogens (tertiary/aromatic N) is 2. The Balaban J connectivity index is 2.06. The molecule has 0 radical (unpaired) electrons. The highest BCUT2D eigenvalue weighted by atomic mass is 16.5. The van der Waals surface area contributed by atoms with Crippen LogP contribution in [0.1, 0.15) is 42.8 Å². The van der Waals surface area contributed by atoms with Crippen molar-refractivity contribution in [3.05, 3.63) is 47.3 Å². The molecule has 1 unspecified atom stereocenters. The summed E-state index contributed by atoms with van der Waals surface area (Å²) in [5, 5.41) is 8.00. The summed E-state index contributed by atoms with van der Waals surface area (Å²) in [6, 6.07) is 8.72. The minimum absolute atomic E-state index is 0.265. The highest BCUT2D eigenvalue weighted by Gasteiger charge is 2.15. The van der Waals surface area contributed by atoms with Crippen molar-refractivity contribution in [3.63, 3.8) is 0 Å². The molecule has 1 N–H and O–H groups in total. The Hall–Kier alpha value is -1.81. The zero-order valence-electron chi connectivity index (χ0n) is 12.8. The van der Waals surface area contributed by atoms with Crippen LogP contribution in [0, 0.1) is 6.92 Å². The third-order valence-electron chi connectivity index (χ3n) is 3.63. The fourth-order valence-corrected chi connectivity index (χ4v) is 2.50. The molecule has 1 aromatic heterocycles. The molecule has 0 fully saturated rings. The van der Waals surface area contributed by atoms with Crippen LogP contribution in [0.15, 0.2) is 30.5 Å². The second-order valence-corrected chi connectivity index (χ2v) is 5.23. The minimum atomic E-state index is 0.265. The molecule has 0 saturated carbocycles. The Morgan fingerprint density at radius 3 is 2.30 bits per heavy atom. The minimum Gasteiger partial charge on any atom is -0.497 e. The predicted molar refractivity (Wildman–Crippen MR) is 80.9 cm³/mol. The molecular weight excluding hydrogens is 250 g/mol. The van der Waals surface area contributed by atoms with Crippen molar-refractivity contribution in [1.29, 1.82) is 0 Å². The normalized spacial score (nSPS) is 14.1. The molecule has 0 aliphatic rings. The Bertz CT molecular complexity index is 560. The maximum atomic E-state index is 5.19. The van der Waals surface area contributed by atoms with E-state index in [1.165, 1.54) is 11.1 Å². The van der Waals surface area contributed by atoms with Gasteiger partial charge in [0.1, 0.15) is 5.75 Å². The molecule has 0 aliphatic heterocycles. The van der Waals surface area contributed by atoms with E-state index in [1.54, 1.807) is 7.11 Å². The Morgan fingerprint density at radius 2 is 1.80 bits per heavy atom. The number of benzene rings is 1. The second-order valence-electron chi connectivity index (χ2n) is 5.23. The standard InChI is InChI=1S/C16H23N3O/c1-11(14-6-8-15(20-5)9-7-14)17-12(2)16-10-19(4)18-13(16)3/h6-12,17H,1-5H3/t11-,12?/m0/s1. The van der Waals surface area contributed by atoms with E-state index in [4.69, 9.17) is 4.74 Å². The Labute approximate surface area is 120 Å². The van der Waals surface area contributed by atoms with Crippen LogP contribution >= 0.6 is 0 Å². The number of ether oxygens (including phenoxy) is 1. The van der Waals surface area contributed by atoms with Crippen LogP contribution in [0.4, 0.5) is 0 Å². The number of methoxy groups -OCH3 is 1. The number of hydrogen-bond acceptors (Lipinski definition) is 3. The first kappa shape index (κ1) is 14.6. The van der Waals surface area contributed by atoms with Crippen molar-refractivity contribution in [2.45, 2.75) is 32.9 Å². The number of aromatic nitrogens is 2. The third kappa shape index (κ3) is 3.20. The molecule has 0 spiro atoms. The van der Waals surface area contributed by atoms with Crippen LogP contribution in [-0.4, -0.2) is 16.9 Å². The summed E-state index contributed by atoms with van der Waals surface area (Å²) < 4.78 is 7.05. The predicted octanol–water partition coefficient (Wildman–Crippen LogP) is 3.15. The van der Waals surface area contributed by atoms with Gasteiger partial charge in [0.25, 0.3) is 0 Å². The Kier molecular flexibility index (Phi) is 4.45. The zero-order valence-corrected chi connectivity index (χ0v) is 12.8. The van der Waals surface area contributed by atoms with Gasteiger partial charge in [0.2, 0.25) is 0 Å². The fourth-order valence-electron chi connectivity index (χ4n) is 2.50. The molecule has 0 bridgehead atoms. The van der Waals surface area contributed by atoms with Crippen LogP contribution in [0.25, 0.3) is 0 Å². The smallest absolute Gasteiger partial charge is 0.118 e. The molecule has 2 atom stereocenters. The summed E-state index contributed by atoms with van der Waals surface area (Å²) in [7, 11) is 3.64. The van der Waals surface area contributed by atoms with Gasteiger partial charge < -0.3 is 10.1 Å². The van der Waals surface area contributed by atoms with Gasteiger partial charge in [-0.2, -0.15) is 5.10 Å². The van der Waals surface area contributed by atoms with E-state index in [2.05, 4.69) is 42.6 Å². The van der Waals surface area contributed by atoms with E-state index in [0.29, 0.717) is 0 Å².